The molecule has 0 atom stereocenters. The highest BCUT2D eigenvalue weighted by Gasteiger charge is 2.04. The summed E-state index contributed by atoms with van der Waals surface area (Å²) in [5, 5.41) is 9.69. The summed E-state index contributed by atoms with van der Waals surface area (Å²) < 4.78 is 33.3. The number of aromatic amines is 1. The van der Waals surface area contributed by atoms with E-state index in [4.69, 9.17) is 14.3 Å². The van der Waals surface area contributed by atoms with Gasteiger partial charge in [0.05, 0.1) is 0 Å². The summed E-state index contributed by atoms with van der Waals surface area (Å²) in [5.74, 6) is 0.489. The Bertz CT molecular complexity index is 525. The molecule has 0 bridgehead atoms. The normalized spacial score (nSPS) is 9.35. The molecule has 0 fully saturated rings. The van der Waals surface area contributed by atoms with E-state index >= 15 is 0 Å². The van der Waals surface area contributed by atoms with Crippen molar-refractivity contribution in [3.8, 4) is 11.6 Å². The van der Waals surface area contributed by atoms with Gasteiger partial charge in [-0.2, -0.15) is 28.7 Å². The monoisotopic (exact) mass is 285 g/mol. The minimum absolute atomic E-state index is 0.116. The number of benzene rings is 1. The molecule has 0 aliphatic heterocycles. The zero-order chi connectivity index (χ0) is 14.8. The first-order chi connectivity index (χ1) is 9.65. The molecule has 1 aromatic carbocycles. The topological polar surface area (TPSA) is 94.2 Å². The molecular formula is C11H9F2N3O4. The summed E-state index contributed by atoms with van der Waals surface area (Å²) in [4.78, 5) is 16.2. The third kappa shape index (κ3) is 5.69. The third-order valence-corrected chi connectivity index (χ3v) is 1.93. The van der Waals surface area contributed by atoms with E-state index in [1.54, 1.807) is 12.1 Å². The second-order valence-electron chi connectivity index (χ2n) is 3.20. The average molecular weight is 285 g/mol. The lowest BCUT2D eigenvalue weighted by Gasteiger charge is -2.05. The predicted molar refractivity (Wildman–Crippen MR) is 58.8 cm³/mol. The number of rotatable bonds is 5. The Hall–Kier alpha value is -2.80. The van der Waals surface area contributed by atoms with Gasteiger partial charge in [0.1, 0.15) is 18.6 Å². The second-order valence-corrected chi connectivity index (χ2v) is 3.20. The summed E-state index contributed by atoms with van der Waals surface area (Å²) in [5.41, 5.74) is 0.814. The number of carbonyl (C=O) groups excluding carboxylic acids is 2. The molecular weight excluding hydrogens is 276 g/mol. The number of aromatic nitrogens is 3. The van der Waals surface area contributed by atoms with Crippen molar-refractivity contribution in [1.29, 1.82) is 0 Å². The lowest BCUT2D eigenvalue weighted by Crippen LogP contribution is -2.02. The van der Waals surface area contributed by atoms with Crippen molar-refractivity contribution in [3.63, 3.8) is 0 Å². The Kier molecular flexibility index (Phi) is 6.35. The van der Waals surface area contributed by atoms with Gasteiger partial charge in [0, 0.05) is 0 Å². The number of hydrogen-bond acceptors (Lipinski definition) is 6. The summed E-state index contributed by atoms with van der Waals surface area (Å²) >= 11 is 0. The Labute approximate surface area is 111 Å². The fourth-order valence-corrected chi connectivity index (χ4v) is 1.19. The molecule has 0 aliphatic carbocycles. The van der Waals surface area contributed by atoms with Crippen LogP contribution in [-0.4, -0.2) is 28.2 Å². The molecule has 0 amide bonds. The number of halogens is 2. The van der Waals surface area contributed by atoms with Gasteiger partial charge in [-0.25, -0.2) is 0 Å². The minimum atomic E-state index is -2.81. The van der Waals surface area contributed by atoms with Gasteiger partial charge in [0.25, 0.3) is 5.88 Å². The van der Waals surface area contributed by atoms with Crippen molar-refractivity contribution < 1.29 is 27.8 Å². The van der Waals surface area contributed by atoms with Crippen molar-refractivity contribution in [3.05, 3.63) is 36.0 Å². The fraction of sp³-hybridized carbons (Fsp3) is 0.182. The van der Waals surface area contributed by atoms with Crippen molar-refractivity contribution in [2.75, 3.05) is 0 Å². The second kappa shape index (κ2) is 8.33. The van der Waals surface area contributed by atoms with E-state index < -0.39 is 6.61 Å². The van der Waals surface area contributed by atoms with E-state index in [0.717, 1.165) is 5.56 Å². The van der Waals surface area contributed by atoms with E-state index in [-0.39, 0.29) is 18.5 Å². The van der Waals surface area contributed by atoms with Gasteiger partial charge >= 0.3 is 12.8 Å². The quantitative estimate of drug-likeness (QED) is 0.892. The van der Waals surface area contributed by atoms with Crippen LogP contribution in [0.4, 0.5) is 8.78 Å². The largest absolute Gasteiger partial charge is 0.471 e. The maximum Gasteiger partial charge on any atom is 0.387 e. The van der Waals surface area contributed by atoms with E-state index in [0.29, 0.717) is 5.88 Å². The first kappa shape index (κ1) is 15.3. The smallest absolute Gasteiger partial charge is 0.387 e. The van der Waals surface area contributed by atoms with Gasteiger partial charge in [-0.05, 0) is 17.7 Å². The summed E-state index contributed by atoms with van der Waals surface area (Å²) in [7, 11) is 0. The minimum Gasteiger partial charge on any atom is -0.471 e. The average Bonchev–Trinajstić information content (AvgIpc) is 2.91. The molecule has 20 heavy (non-hydrogen) atoms. The first-order valence-corrected chi connectivity index (χ1v) is 5.17. The molecule has 1 heterocycles. The van der Waals surface area contributed by atoms with Crippen LogP contribution in [0.25, 0.3) is 0 Å². The number of ether oxygens (including phenoxy) is 2. The Morgan fingerprint density at radius 2 is 1.90 bits per heavy atom. The highest BCUT2D eigenvalue weighted by molar-refractivity contribution is 5.27. The van der Waals surface area contributed by atoms with Gasteiger partial charge in [-0.1, -0.05) is 12.1 Å². The van der Waals surface area contributed by atoms with E-state index in [1.807, 2.05) is 0 Å². The van der Waals surface area contributed by atoms with Crippen LogP contribution in [-0.2, 0) is 16.2 Å². The van der Waals surface area contributed by atoms with E-state index in [9.17, 15) is 8.78 Å². The van der Waals surface area contributed by atoms with Gasteiger partial charge in [0.2, 0.25) is 0 Å². The summed E-state index contributed by atoms with van der Waals surface area (Å²) in [6.45, 7) is -2.53. The van der Waals surface area contributed by atoms with Crippen molar-refractivity contribution in [2.45, 2.75) is 13.2 Å². The molecule has 0 saturated heterocycles. The highest BCUT2D eigenvalue weighted by Crippen LogP contribution is 2.15. The van der Waals surface area contributed by atoms with Crippen LogP contribution in [0.1, 0.15) is 5.56 Å². The molecule has 7 nitrogen and oxygen atoms in total. The number of alkyl halides is 2. The van der Waals surface area contributed by atoms with Gasteiger partial charge in [-0.3, -0.25) is 0 Å². The Morgan fingerprint density at radius 1 is 1.25 bits per heavy atom. The standard InChI is InChI=1S/C10H9F2N3O2.CO2/c11-10(12)17-8-3-1-7(2-4-8)6-16-9-5-13-15-14-9;2-1-3/h1-5,10H,6H2,(H,13,14,15);. The molecule has 0 unspecified atom stereocenters. The Balaban J connectivity index is 0.000000612. The van der Waals surface area contributed by atoms with Gasteiger partial charge < -0.3 is 9.47 Å². The molecule has 0 saturated carbocycles. The number of nitrogens with zero attached hydrogens (tertiary/aromatic N) is 2. The molecule has 2 rings (SSSR count). The SMILES string of the molecule is FC(F)Oc1ccc(COc2cn[nH]n2)cc1.O=C=O. The van der Waals surface area contributed by atoms with Crippen LogP contribution in [0.3, 0.4) is 0 Å². The maximum absolute atomic E-state index is 11.9. The molecule has 0 radical (unpaired) electrons. The summed E-state index contributed by atoms with van der Waals surface area (Å²) in [6.07, 6.45) is 1.69. The van der Waals surface area contributed by atoms with Crippen LogP contribution < -0.4 is 9.47 Å². The molecule has 106 valence electrons. The Morgan fingerprint density at radius 3 is 2.40 bits per heavy atom. The number of H-pyrrole nitrogens is 1. The molecule has 1 aromatic heterocycles. The van der Waals surface area contributed by atoms with Crippen LogP contribution in [0.15, 0.2) is 30.5 Å². The van der Waals surface area contributed by atoms with Crippen LogP contribution >= 0.6 is 0 Å². The maximum atomic E-state index is 11.9. The zero-order valence-corrected chi connectivity index (χ0v) is 9.95. The van der Waals surface area contributed by atoms with Gasteiger partial charge in [0.15, 0.2) is 0 Å². The lowest BCUT2D eigenvalue weighted by atomic mass is 10.2. The first-order valence-electron chi connectivity index (χ1n) is 5.17. The molecule has 0 aliphatic rings. The predicted octanol–water partition coefficient (Wildman–Crippen LogP) is 1.40. The van der Waals surface area contributed by atoms with Crippen LogP contribution in [0.5, 0.6) is 11.6 Å². The van der Waals surface area contributed by atoms with Crippen molar-refractivity contribution in [2.24, 2.45) is 0 Å². The van der Waals surface area contributed by atoms with Crippen molar-refractivity contribution in [1.82, 2.24) is 15.4 Å². The van der Waals surface area contributed by atoms with Crippen LogP contribution in [0, 0.1) is 0 Å². The number of nitrogens with one attached hydrogen (secondary N) is 1. The fourth-order valence-electron chi connectivity index (χ4n) is 1.19. The molecule has 9 heteroatoms. The molecule has 0 spiro atoms. The number of hydrogen-bond donors (Lipinski definition) is 1. The van der Waals surface area contributed by atoms with E-state index in [1.165, 1.54) is 18.3 Å². The van der Waals surface area contributed by atoms with Gasteiger partial charge in [-0.15, -0.1) is 5.10 Å². The summed E-state index contributed by atoms with van der Waals surface area (Å²) in [6, 6.07) is 6.18. The molecule has 1 N–H and O–H groups in total. The molecule has 2 aromatic rings. The zero-order valence-electron chi connectivity index (χ0n) is 9.95. The highest BCUT2D eigenvalue weighted by atomic mass is 19.3. The van der Waals surface area contributed by atoms with Crippen LogP contribution in [0.2, 0.25) is 0 Å². The van der Waals surface area contributed by atoms with E-state index in [2.05, 4.69) is 20.1 Å². The third-order valence-electron chi connectivity index (χ3n) is 1.93. The van der Waals surface area contributed by atoms with Crippen molar-refractivity contribution >= 4 is 6.15 Å². The lowest BCUT2D eigenvalue weighted by molar-refractivity contribution is -0.191.